The number of pyridine rings is 1. The quantitative estimate of drug-likeness (QED) is 0.750. The van der Waals surface area contributed by atoms with Crippen molar-refractivity contribution in [2.45, 2.75) is 6.43 Å². The second-order valence-corrected chi connectivity index (χ2v) is 2.45. The molecule has 0 saturated carbocycles. The van der Waals surface area contributed by atoms with Crippen LogP contribution in [0.3, 0.4) is 0 Å². The summed E-state index contributed by atoms with van der Waals surface area (Å²) in [5.74, 6) is -2.68. The van der Waals surface area contributed by atoms with Crippen molar-refractivity contribution in [2.75, 3.05) is 5.73 Å². The third-order valence-corrected chi connectivity index (χ3v) is 1.54. The van der Waals surface area contributed by atoms with E-state index in [4.69, 9.17) is 11.5 Å². The molecule has 0 fully saturated rings. The van der Waals surface area contributed by atoms with E-state index in [1.165, 1.54) is 0 Å². The molecule has 0 radical (unpaired) electrons. The first kappa shape index (κ1) is 10.3. The molecule has 0 saturated heterocycles. The second-order valence-electron chi connectivity index (χ2n) is 2.45. The molecule has 1 heterocycles. The highest BCUT2D eigenvalue weighted by Crippen LogP contribution is 2.28. The zero-order valence-corrected chi connectivity index (χ0v) is 6.80. The summed E-state index contributed by atoms with van der Waals surface area (Å²) < 4.78 is 37.6. The molecule has 1 aromatic rings. The van der Waals surface area contributed by atoms with Crippen LogP contribution in [0.4, 0.5) is 18.9 Å². The third kappa shape index (κ3) is 1.61. The number of rotatable bonds is 2. The fourth-order valence-electron chi connectivity index (χ4n) is 0.908. The van der Waals surface area contributed by atoms with Gasteiger partial charge >= 0.3 is 0 Å². The van der Waals surface area contributed by atoms with Crippen LogP contribution in [0.25, 0.3) is 0 Å². The molecule has 76 valence electrons. The van der Waals surface area contributed by atoms with Gasteiger partial charge in [0.1, 0.15) is 0 Å². The Balaban J connectivity index is 3.41. The van der Waals surface area contributed by atoms with Crippen molar-refractivity contribution < 1.29 is 18.0 Å². The van der Waals surface area contributed by atoms with Gasteiger partial charge in [0.2, 0.25) is 0 Å². The zero-order valence-electron chi connectivity index (χ0n) is 6.80. The Morgan fingerprint density at radius 3 is 2.50 bits per heavy atom. The number of carbonyl (C=O) groups excluding carboxylic acids is 1. The van der Waals surface area contributed by atoms with Crippen LogP contribution in [0.15, 0.2) is 6.20 Å². The molecule has 0 aromatic carbocycles. The summed E-state index contributed by atoms with van der Waals surface area (Å²) in [6.07, 6.45) is -2.35. The number of hydrogen-bond donors (Lipinski definition) is 2. The number of aromatic nitrogens is 1. The SMILES string of the molecule is NC(=O)c1ncc(N)c(C(F)F)c1F. The minimum absolute atomic E-state index is 0.512. The predicted molar refractivity (Wildman–Crippen MR) is 42.1 cm³/mol. The van der Waals surface area contributed by atoms with Crippen LogP contribution in [0.1, 0.15) is 22.5 Å². The standard InChI is InChI=1S/C7H6F3N3O/c8-4-3(6(9)10)2(11)1-13-5(4)7(12)14/h1,6H,11H2,(H2,12,14). The van der Waals surface area contributed by atoms with Crippen LogP contribution < -0.4 is 11.5 Å². The molecule has 0 bridgehead atoms. The first-order valence-corrected chi connectivity index (χ1v) is 3.47. The lowest BCUT2D eigenvalue weighted by molar-refractivity contribution is 0.0989. The average molecular weight is 205 g/mol. The Morgan fingerprint density at radius 2 is 2.07 bits per heavy atom. The minimum atomic E-state index is -3.11. The summed E-state index contributed by atoms with van der Waals surface area (Å²) in [6, 6.07) is 0. The van der Waals surface area contributed by atoms with Gasteiger partial charge in [-0.25, -0.2) is 18.2 Å². The van der Waals surface area contributed by atoms with Gasteiger partial charge in [-0.2, -0.15) is 0 Å². The van der Waals surface area contributed by atoms with E-state index in [1.54, 1.807) is 0 Å². The molecule has 0 aliphatic heterocycles. The fraction of sp³-hybridized carbons (Fsp3) is 0.143. The van der Waals surface area contributed by atoms with E-state index in [9.17, 15) is 18.0 Å². The third-order valence-electron chi connectivity index (χ3n) is 1.54. The number of anilines is 1. The zero-order chi connectivity index (χ0) is 10.9. The highest BCUT2D eigenvalue weighted by Gasteiger charge is 2.23. The van der Waals surface area contributed by atoms with Crippen molar-refractivity contribution in [3.05, 3.63) is 23.3 Å². The highest BCUT2D eigenvalue weighted by molar-refractivity contribution is 5.91. The molecule has 0 aliphatic rings. The lowest BCUT2D eigenvalue weighted by Gasteiger charge is -2.07. The maximum Gasteiger partial charge on any atom is 0.270 e. The molecule has 14 heavy (non-hydrogen) atoms. The van der Waals surface area contributed by atoms with E-state index in [1.807, 2.05) is 0 Å². The topological polar surface area (TPSA) is 82.0 Å². The molecule has 0 aliphatic carbocycles. The van der Waals surface area contributed by atoms with Gasteiger partial charge in [-0.05, 0) is 0 Å². The van der Waals surface area contributed by atoms with E-state index >= 15 is 0 Å². The fourth-order valence-corrected chi connectivity index (χ4v) is 0.908. The molecule has 1 aromatic heterocycles. The molecule has 0 atom stereocenters. The van der Waals surface area contributed by atoms with Crippen LogP contribution in [0.2, 0.25) is 0 Å². The molecule has 1 amide bonds. The number of amides is 1. The number of hydrogen-bond acceptors (Lipinski definition) is 3. The summed E-state index contributed by atoms with van der Waals surface area (Å²) in [4.78, 5) is 13.8. The molecular formula is C7H6F3N3O. The summed E-state index contributed by atoms with van der Waals surface area (Å²) in [5, 5.41) is 0. The molecule has 7 heteroatoms. The van der Waals surface area contributed by atoms with Crippen LogP contribution in [-0.2, 0) is 0 Å². The number of primary amides is 1. The van der Waals surface area contributed by atoms with Crippen LogP contribution in [0.5, 0.6) is 0 Å². The maximum atomic E-state index is 13.1. The molecular weight excluding hydrogens is 199 g/mol. The molecule has 0 unspecified atom stereocenters. The summed E-state index contributed by atoms with van der Waals surface area (Å²) in [5.41, 5.74) is 7.37. The van der Waals surface area contributed by atoms with Crippen molar-refractivity contribution in [3.63, 3.8) is 0 Å². The smallest absolute Gasteiger partial charge is 0.270 e. The molecule has 4 nitrogen and oxygen atoms in total. The van der Waals surface area contributed by atoms with E-state index in [0.29, 0.717) is 0 Å². The number of nitrogen functional groups attached to an aromatic ring is 1. The van der Waals surface area contributed by atoms with Gasteiger partial charge in [-0.3, -0.25) is 4.79 Å². The number of alkyl halides is 2. The van der Waals surface area contributed by atoms with Crippen molar-refractivity contribution in [1.82, 2.24) is 4.98 Å². The second kappa shape index (κ2) is 3.52. The van der Waals surface area contributed by atoms with E-state index in [-0.39, 0.29) is 0 Å². The van der Waals surface area contributed by atoms with Gasteiger partial charge in [0.25, 0.3) is 12.3 Å². The van der Waals surface area contributed by atoms with Crippen molar-refractivity contribution >= 4 is 11.6 Å². The van der Waals surface area contributed by atoms with E-state index in [2.05, 4.69) is 4.98 Å². The van der Waals surface area contributed by atoms with Crippen molar-refractivity contribution in [2.24, 2.45) is 5.73 Å². The van der Waals surface area contributed by atoms with E-state index in [0.717, 1.165) is 6.20 Å². The molecule has 1 rings (SSSR count). The number of nitrogens with two attached hydrogens (primary N) is 2. The monoisotopic (exact) mass is 205 g/mol. The van der Waals surface area contributed by atoms with Crippen LogP contribution in [-0.4, -0.2) is 10.9 Å². The van der Waals surface area contributed by atoms with Crippen molar-refractivity contribution in [1.29, 1.82) is 0 Å². The molecule has 4 N–H and O–H groups in total. The first-order chi connectivity index (χ1) is 6.45. The summed E-state index contributed by atoms with van der Waals surface area (Å²) in [6.45, 7) is 0. The Kier molecular flexibility index (Phi) is 2.59. The Morgan fingerprint density at radius 1 is 1.50 bits per heavy atom. The summed E-state index contributed by atoms with van der Waals surface area (Å²) in [7, 11) is 0. The predicted octanol–water partition coefficient (Wildman–Crippen LogP) is 0.839. The lowest BCUT2D eigenvalue weighted by atomic mass is 10.2. The Labute approximate surface area is 76.7 Å². The highest BCUT2D eigenvalue weighted by atomic mass is 19.3. The van der Waals surface area contributed by atoms with Gasteiger partial charge < -0.3 is 11.5 Å². The van der Waals surface area contributed by atoms with Crippen molar-refractivity contribution in [3.8, 4) is 0 Å². The van der Waals surface area contributed by atoms with Gasteiger partial charge in [0.05, 0.1) is 17.4 Å². The molecule has 0 spiro atoms. The summed E-state index contributed by atoms with van der Waals surface area (Å²) >= 11 is 0. The number of carbonyl (C=O) groups is 1. The van der Waals surface area contributed by atoms with Crippen LogP contribution in [0, 0.1) is 5.82 Å². The minimum Gasteiger partial charge on any atom is -0.397 e. The van der Waals surface area contributed by atoms with Gasteiger partial charge in [-0.1, -0.05) is 0 Å². The lowest BCUT2D eigenvalue weighted by Crippen LogP contribution is -2.17. The van der Waals surface area contributed by atoms with Crippen LogP contribution >= 0.6 is 0 Å². The number of halogens is 3. The van der Waals surface area contributed by atoms with E-state index < -0.39 is 35.1 Å². The maximum absolute atomic E-state index is 13.1. The Hall–Kier alpha value is -1.79. The van der Waals surface area contributed by atoms with Gasteiger partial charge in [0, 0.05) is 0 Å². The largest absolute Gasteiger partial charge is 0.397 e. The normalized spacial score (nSPS) is 10.6. The van der Waals surface area contributed by atoms with Gasteiger partial charge in [0.15, 0.2) is 11.5 Å². The Bertz CT molecular complexity index is 381. The average Bonchev–Trinajstić information content (AvgIpc) is 2.02. The van der Waals surface area contributed by atoms with Gasteiger partial charge in [-0.15, -0.1) is 0 Å². The first-order valence-electron chi connectivity index (χ1n) is 3.47. The number of nitrogens with zero attached hydrogens (tertiary/aromatic N) is 1.